The van der Waals surface area contributed by atoms with Gasteiger partial charge in [-0.05, 0) is 49.7 Å². The standard InChI is InChI=1S/C20H22FN5O3/c1-12-17(19(24-29-12)28-11-20(21)9-25(2)10-20)14-5-6-26-15(7-14)8-16(23-26)22-18(27)13-3-4-13/h5-8,13H,3-4,9-11H2,1-2H3,(H,22,23,27). The van der Waals surface area contributed by atoms with Gasteiger partial charge in [-0.15, -0.1) is 0 Å². The van der Waals surface area contributed by atoms with Gasteiger partial charge in [-0.3, -0.25) is 9.69 Å². The van der Waals surface area contributed by atoms with E-state index in [4.69, 9.17) is 9.26 Å². The Morgan fingerprint density at radius 1 is 1.41 bits per heavy atom. The lowest BCUT2D eigenvalue weighted by molar-refractivity contribution is -0.117. The van der Waals surface area contributed by atoms with Crippen LogP contribution in [0.4, 0.5) is 10.2 Å². The van der Waals surface area contributed by atoms with Gasteiger partial charge in [0.15, 0.2) is 11.5 Å². The van der Waals surface area contributed by atoms with E-state index in [1.54, 1.807) is 17.6 Å². The van der Waals surface area contributed by atoms with E-state index in [0.717, 1.165) is 23.9 Å². The van der Waals surface area contributed by atoms with E-state index in [0.29, 0.717) is 30.2 Å². The Morgan fingerprint density at radius 3 is 2.93 bits per heavy atom. The number of hydrogen-bond acceptors (Lipinski definition) is 6. The predicted molar refractivity (Wildman–Crippen MR) is 104 cm³/mol. The third-order valence-electron chi connectivity index (χ3n) is 5.36. The fourth-order valence-electron chi connectivity index (χ4n) is 3.77. The summed E-state index contributed by atoms with van der Waals surface area (Å²) in [5.41, 5.74) is 0.962. The highest BCUT2D eigenvalue weighted by Crippen LogP contribution is 2.35. The highest BCUT2D eigenvalue weighted by Gasteiger charge is 2.42. The molecule has 4 heterocycles. The highest BCUT2D eigenvalue weighted by atomic mass is 19.1. The van der Waals surface area contributed by atoms with E-state index < -0.39 is 5.67 Å². The normalized spacial score (nSPS) is 18.6. The van der Waals surface area contributed by atoms with Gasteiger partial charge >= 0.3 is 0 Å². The fourth-order valence-corrected chi connectivity index (χ4v) is 3.77. The second kappa shape index (κ2) is 6.55. The number of carbonyl (C=O) groups is 1. The Hall–Kier alpha value is -2.94. The number of nitrogens with zero attached hydrogens (tertiary/aromatic N) is 4. The largest absolute Gasteiger partial charge is 0.472 e. The minimum Gasteiger partial charge on any atom is -0.472 e. The molecule has 3 aromatic heterocycles. The van der Waals surface area contributed by atoms with Crippen molar-refractivity contribution < 1.29 is 18.4 Å². The predicted octanol–water partition coefficient (Wildman–Crippen LogP) is 2.68. The number of aryl methyl sites for hydroxylation is 1. The zero-order valence-electron chi connectivity index (χ0n) is 16.3. The molecule has 1 saturated heterocycles. The minimum absolute atomic E-state index is 0.0148. The van der Waals surface area contributed by atoms with Gasteiger partial charge in [0.1, 0.15) is 12.4 Å². The Kier molecular flexibility index (Phi) is 4.09. The highest BCUT2D eigenvalue weighted by molar-refractivity contribution is 5.93. The Balaban J connectivity index is 1.38. The molecule has 0 spiro atoms. The van der Waals surface area contributed by atoms with Crippen molar-refractivity contribution >= 4 is 17.2 Å². The smallest absolute Gasteiger partial charge is 0.262 e. The molecule has 0 unspecified atom stereocenters. The number of pyridine rings is 1. The van der Waals surface area contributed by atoms with Gasteiger partial charge in [0.05, 0.1) is 11.1 Å². The maximum absolute atomic E-state index is 14.5. The number of likely N-dealkylation sites (tertiary alicyclic amines) is 1. The molecule has 1 saturated carbocycles. The van der Waals surface area contributed by atoms with Crippen molar-refractivity contribution in [2.24, 2.45) is 5.92 Å². The first-order chi connectivity index (χ1) is 13.9. The van der Waals surface area contributed by atoms with Crippen molar-refractivity contribution in [3.63, 3.8) is 0 Å². The number of anilines is 1. The molecule has 5 rings (SSSR count). The molecule has 0 aromatic carbocycles. The van der Waals surface area contributed by atoms with Crippen molar-refractivity contribution in [1.29, 1.82) is 0 Å². The van der Waals surface area contributed by atoms with Crippen molar-refractivity contribution in [2.75, 3.05) is 32.1 Å². The number of halogens is 1. The number of amides is 1. The zero-order valence-corrected chi connectivity index (χ0v) is 16.3. The average Bonchev–Trinajstić information content (AvgIpc) is 3.34. The van der Waals surface area contributed by atoms with Crippen LogP contribution in [0.1, 0.15) is 18.6 Å². The van der Waals surface area contributed by atoms with Gasteiger partial charge in [0.2, 0.25) is 5.91 Å². The monoisotopic (exact) mass is 399 g/mol. The number of carbonyl (C=O) groups excluding carboxylic acids is 1. The van der Waals surface area contributed by atoms with Crippen molar-refractivity contribution in [2.45, 2.75) is 25.4 Å². The second-order valence-corrected chi connectivity index (χ2v) is 8.11. The third-order valence-corrected chi connectivity index (χ3v) is 5.36. The molecule has 8 nitrogen and oxygen atoms in total. The van der Waals surface area contributed by atoms with Crippen molar-refractivity contribution in [3.05, 3.63) is 30.2 Å². The van der Waals surface area contributed by atoms with Gasteiger partial charge in [0.25, 0.3) is 5.88 Å². The molecule has 9 heteroatoms. The zero-order chi connectivity index (χ0) is 20.2. The topological polar surface area (TPSA) is 84.9 Å². The number of rotatable bonds is 6. The summed E-state index contributed by atoms with van der Waals surface area (Å²) in [5.74, 6) is 1.51. The van der Waals surface area contributed by atoms with E-state index in [1.807, 2.05) is 30.1 Å². The Labute approximate surface area is 166 Å². The fraction of sp³-hybridized carbons (Fsp3) is 0.450. The van der Waals surface area contributed by atoms with Gasteiger partial charge < -0.3 is 14.6 Å². The molecule has 0 atom stereocenters. The molecule has 1 aliphatic heterocycles. The van der Waals surface area contributed by atoms with E-state index in [9.17, 15) is 9.18 Å². The first-order valence-corrected chi connectivity index (χ1v) is 9.67. The van der Waals surface area contributed by atoms with Gasteiger partial charge in [-0.25, -0.2) is 8.91 Å². The summed E-state index contributed by atoms with van der Waals surface area (Å²) in [5, 5.41) is 11.2. The molecule has 152 valence electrons. The summed E-state index contributed by atoms with van der Waals surface area (Å²) in [7, 11) is 1.87. The molecule has 1 aliphatic carbocycles. The minimum atomic E-state index is -1.36. The van der Waals surface area contributed by atoms with Crippen LogP contribution in [0.25, 0.3) is 16.6 Å². The maximum Gasteiger partial charge on any atom is 0.262 e. The number of nitrogens with one attached hydrogen (secondary N) is 1. The molecule has 2 fully saturated rings. The number of alkyl halides is 1. The number of hydrogen-bond donors (Lipinski definition) is 1. The molecule has 29 heavy (non-hydrogen) atoms. The number of ether oxygens (including phenoxy) is 1. The lowest BCUT2D eigenvalue weighted by atomic mass is 9.98. The molecule has 1 amide bonds. The average molecular weight is 399 g/mol. The number of aromatic nitrogens is 3. The van der Waals surface area contributed by atoms with Crippen LogP contribution in [-0.4, -0.2) is 58.0 Å². The summed E-state index contributed by atoms with van der Waals surface area (Å²) in [4.78, 5) is 13.9. The quantitative estimate of drug-likeness (QED) is 0.686. The van der Waals surface area contributed by atoms with Crippen molar-refractivity contribution in [3.8, 4) is 17.0 Å². The molecule has 0 radical (unpaired) electrons. The van der Waals surface area contributed by atoms with E-state index in [1.165, 1.54) is 0 Å². The van der Waals surface area contributed by atoms with Crippen LogP contribution in [0.2, 0.25) is 0 Å². The molecule has 3 aromatic rings. The maximum atomic E-state index is 14.5. The van der Waals surface area contributed by atoms with Crippen LogP contribution in [0.5, 0.6) is 5.88 Å². The van der Waals surface area contributed by atoms with Crippen LogP contribution < -0.4 is 10.1 Å². The van der Waals surface area contributed by atoms with Crippen LogP contribution in [0.3, 0.4) is 0 Å². The van der Waals surface area contributed by atoms with Gasteiger partial charge in [-0.2, -0.15) is 5.10 Å². The number of fused-ring (bicyclic) bond motifs is 1. The Bertz CT molecular complexity index is 1080. The van der Waals surface area contributed by atoms with E-state index >= 15 is 0 Å². The summed E-state index contributed by atoms with van der Waals surface area (Å²) < 4.78 is 27.2. The van der Waals surface area contributed by atoms with E-state index in [2.05, 4.69) is 15.6 Å². The summed E-state index contributed by atoms with van der Waals surface area (Å²) in [6.07, 6.45) is 3.68. The SMILES string of the molecule is Cc1onc(OCC2(F)CN(C)C2)c1-c1ccn2nc(NC(=O)C3CC3)cc2c1. The van der Waals surface area contributed by atoms with Crippen molar-refractivity contribution in [1.82, 2.24) is 19.7 Å². The lowest BCUT2D eigenvalue weighted by Crippen LogP contribution is -2.60. The molecular weight excluding hydrogens is 377 g/mol. The van der Waals surface area contributed by atoms with Crippen LogP contribution in [-0.2, 0) is 4.79 Å². The van der Waals surface area contributed by atoms with E-state index in [-0.39, 0.29) is 24.3 Å². The molecule has 0 bridgehead atoms. The second-order valence-electron chi connectivity index (χ2n) is 8.11. The molecule has 2 aliphatic rings. The van der Waals surface area contributed by atoms with Gasteiger partial charge in [-0.1, -0.05) is 0 Å². The van der Waals surface area contributed by atoms with Crippen LogP contribution in [0.15, 0.2) is 28.9 Å². The lowest BCUT2D eigenvalue weighted by Gasteiger charge is -2.41. The van der Waals surface area contributed by atoms with Gasteiger partial charge in [0, 0.05) is 31.3 Å². The summed E-state index contributed by atoms with van der Waals surface area (Å²) in [6, 6.07) is 5.59. The van der Waals surface area contributed by atoms with Crippen LogP contribution >= 0.6 is 0 Å². The first-order valence-electron chi connectivity index (χ1n) is 9.67. The summed E-state index contributed by atoms with van der Waals surface area (Å²) in [6.45, 7) is 2.41. The molecule has 1 N–H and O–H groups in total. The third kappa shape index (κ3) is 3.46. The molecular formula is C20H22FN5O3. The van der Waals surface area contributed by atoms with Crippen LogP contribution in [0, 0.1) is 12.8 Å². The summed E-state index contributed by atoms with van der Waals surface area (Å²) >= 11 is 0. The Morgan fingerprint density at radius 2 is 2.21 bits per heavy atom. The first kappa shape index (κ1) is 18.1.